The summed E-state index contributed by atoms with van der Waals surface area (Å²) in [6, 6.07) is 19.9. The summed E-state index contributed by atoms with van der Waals surface area (Å²) in [6.07, 6.45) is 4.29. The van der Waals surface area contributed by atoms with E-state index in [2.05, 4.69) is 11.9 Å². The molecule has 0 unspecified atom stereocenters. The van der Waals surface area contributed by atoms with Crippen molar-refractivity contribution in [3.63, 3.8) is 0 Å². The first-order valence-electron chi connectivity index (χ1n) is 10.2. The maximum atomic E-state index is 13.4. The average molecular weight is 383 g/mol. The molecule has 0 bridgehead atoms. The van der Waals surface area contributed by atoms with Gasteiger partial charge in [0, 0.05) is 22.7 Å². The zero-order chi connectivity index (χ0) is 20.0. The molecule has 0 saturated carbocycles. The summed E-state index contributed by atoms with van der Waals surface area (Å²) < 4.78 is 1.70. The lowest BCUT2D eigenvalue weighted by molar-refractivity contribution is 0.104. The van der Waals surface area contributed by atoms with E-state index in [4.69, 9.17) is 5.84 Å². The Morgan fingerprint density at radius 3 is 2.55 bits per heavy atom. The number of benzene rings is 3. The molecule has 0 radical (unpaired) electrons. The normalized spacial score (nSPS) is 15.9. The number of ketones is 1. The van der Waals surface area contributed by atoms with Gasteiger partial charge in [0.15, 0.2) is 5.78 Å². The first-order valence-corrected chi connectivity index (χ1v) is 10.2. The van der Waals surface area contributed by atoms with Crippen molar-refractivity contribution in [1.29, 1.82) is 0 Å². The van der Waals surface area contributed by atoms with Gasteiger partial charge in [0.25, 0.3) is 0 Å². The molecule has 1 aromatic heterocycles. The molecule has 0 amide bonds. The highest BCUT2D eigenvalue weighted by Gasteiger charge is 2.23. The molecule has 4 nitrogen and oxygen atoms in total. The van der Waals surface area contributed by atoms with Crippen molar-refractivity contribution in [2.75, 3.05) is 26.0 Å². The van der Waals surface area contributed by atoms with Crippen molar-refractivity contribution in [1.82, 2.24) is 9.58 Å². The zero-order valence-electron chi connectivity index (χ0n) is 16.6. The first kappa shape index (κ1) is 18.0. The number of carbonyl (C=O) groups is 1. The number of hydrogen-bond donors (Lipinski definition) is 1. The van der Waals surface area contributed by atoms with Crippen LogP contribution in [0, 0.1) is 0 Å². The largest absolute Gasteiger partial charge is 0.339 e. The van der Waals surface area contributed by atoms with Crippen LogP contribution in [-0.4, -0.2) is 35.5 Å². The van der Waals surface area contributed by atoms with Crippen LogP contribution in [0.5, 0.6) is 0 Å². The van der Waals surface area contributed by atoms with Crippen LogP contribution in [-0.2, 0) is 0 Å². The van der Waals surface area contributed by atoms with Crippen molar-refractivity contribution in [3.05, 3.63) is 83.6 Å². The molecule has 4 heteroatoms. The molecule has 1 aliphatic heterocycles. The van der Waals surface area contributed by atoms with E-state index >= 15 is 0 Å². The number of fused-ring (bicyclic) bond motifs is 2. The van der Waals surface area contributed by atoms with E-state index in [1.807, 2.05) is 66.9 Å². The summed E-state index contributed by atoms with van der Waals surface area (Å²) in [7, 11) is 2.17. The van der Waals surface area contributed by atoms with E-state index in [0.29, 0.717) is 11.5 Å². The molecule has 5 rings (SSSR count). The highest BCUT2D eigenvalue weighted by molar-refractivity contribution is 6.17. The number of hydrogen-bond acceptors (Lipinski definition) is 3. The minimum absolute atomic E-state index is 0.0581. The number of nitrogens with two attached hydrogens (primary N) is 1. The molecule has 0 spiro atoms. The van der Waals surface area contributed by atoms with Gasteiger partial charge in [0.05, 0.1) is 5.52 Å². The van der Waals surface area contributed by atoms with Gasteiger partial charge in [-0.15, -0.1) is 0 Å². The van der Waals surface area contributed by atoms with Gasteiger partial charge in [-0.25, -0.2) is 0 Å². The molecule has 0 atom stereocenters. The Morgan fingerprint density at radius 1 is 0.966 bits per heavy atom. The maximum absolute atomic E-state index is 13.4. The Kier molecular flexibility index (Phi) is 4.36. The van der Waals surface area contributed by atoms with Crippen molar-refractivity contribution in [3.8, 4) is 0 Å². The third kappa shape index (κ3) is 3.10. The van der Waals surface area contributed by atoms with E-state index in [1.165, 1.54) is 5.56 Å². The molecular weight excluding hydrogens is 358 g/mol. The second-order valence-electron chi connectivity index (χ2n) is 8.16. The fourth-order valence-electron chi connectivity index (χ4n) is 4.65. The third-order valence-corrected chi connectivity index (χ3v) is 6.32. The second-order valence-corrected chi connectivity index (χ2v) is 8.16. The predicted molar refractivity (Wildman–Crippen MR) is 119 cm³/mol. The van der Waals surface area contributed by atoms with Crippen molar-refractivity contribution in [2.45, 2.75) is 18.8 Å². The van der Waals surface area contributed by atoms with Gasteiger partial charge >= 0.3 is 0 Å². The van der Waals surface area contributed by atoms with Gasteiger partial charge in [-0.3, -0.25) is 9.47 Å². The summed E-state index contributed by atoms with van der Waals surface area (Å²) >= 11 is 0. The smallest absolute Gasteiger partial charge is 0.193 e. The summed E-state index contributed by atoms with van der Waals surface area (Å²) in [6.45, 7) is 2.19. The average Bonchev–Trinajstić information content (AvgIpc) is 3.09. The van der Waals surface area contributed by atoms with Crippen LogP contribution in [0.4, 0.5) is 0 Å². The quantitative estimate of drug-likeness (QED) is 0.417. The third-order valence-electron chi connectivity index (χ3n) is 6.32. The molecule has 29 heavy (non-hydrogen) atoms. The Bertz CT molecular complexity index is 1210. The number of aromatic nitrogens is 1. The lowest BCUT2D eigenvalue weighted by Crippen LogP contribution is -2.29. The van der Waals surface area contributed by atoms with Crippen LogP contribution in [0.2, 0.25) is 0 Å². The van der Waals surface area contributed by atoms with Gasteiger partial charge in [-0.1, -0.05) is 42.5 Å². The zero-order valence-corrected chi connectivity index (χ0v) is 16.6. The predicted octanol–water partition coefficient (Wildman–Crippen LogP) is 4.55. The van der Waals surface area contributed by atoms with Gasteiger partial charge in [-0.2, -0.15) is 0 Å². The lowest BCUT2D eigenvalue weighted by atomic mass is 9.88. The summed E-state index contributed by atoms with van der Waals surface area (Å²) in [5, 5.41) is 3.18. The number of piperidine rings is 1. The fourth-order valence-corrected chi connectivity index (χ4v) is 4.65. The van der Waals surface area contributed by atoms with Gasteiger partial charge in [-0.05, 0) is 73.4 Å². The Hall–Kier alpha value is -3.11. The van der Waals surface area contributed by atoms with Gasteiger partial charge in [0.2, 0.25) is 0 Å². The monoisotopic (exact) mass is 383 g/mol. The molecule has 2 N–H and O–H groups in total. The SMILES string of the molecule is CN1CCC(c2cn(N)c3ccc(C(=O)c4cccc5ccccc45)cc23)CC1. The fraction of sp³-hybridized carbons (Fsp3) is 0.240. The topological polar surface area (TPSA) is 51.3 Å². The van der Waals surface area contributed by atoms with Crippen LogP contribution in [0.15, 0.2) is 66.9 Å². The van der Waals surface area contributed by atoms with Crippen molar-refractivity contribution < 1.29 is 4.79 Å². The highest BCUT2D eigenvalue weighted by atomic mass is 16.1. The van der Waals surface area contributed by atoms with E-state index in [1.54, 1.807) is 4.68 Å². The molecule has 1 saturated heterocycles. The second kappa shape index (κ2) is 7.05. The van der Waals surface area contributed by atoms with Crippen LogP contribution in [0.25, 0.3) is 21.7 Å². The van der Waals surface area contributed by atoms with Crippen molar-refractivity contribution in [2.24, 2.45) is 0 Å². The summed E-state index contributed by atoms with van der Waals surface area (Å²) in [5.41, 5.74) is 3.71. The van der Waals surface area contributed by atoms with E-state index < -0.39 is 0 Å². The van der Waals surface area contributed by atoms with Crippen LogP contribution >= 0.6 is 0 Å². The minimum Gasteiger partial charge on any atom is -0.339 e. The van der Waals surface area contributed by atoms with E-state index in [0.717, 1.165) is 53.2 Å². The number of nitrogen functional groups attached to an aromatic ring is 1. The number of rotatable bonds is 3. The highest BCUT2D eigenvalue weighted by Crippen LogP contribution is 2.34. The Morgan fingerprint density at radius 2 is 1.72 bits per heavy atom. The van der Waals surface area contributed by atoms with Crippen LogP contribution < -0.4 is 5.84 Å². The number of carbonyl (C=O) groups excluding carboxylic acids is 1. The van der Waals surface area contributed by atoms with Gasteiger partial charge in [0.1, 0.15) is 0 Å². The Labute approximate surface area is 170 Å². The first-order chi connectivity index (χ1) is 14.1. The summed E-state index contributed by atoms with van der Waals surface area (Å²) in [4.78, 5) is 15.8. The summed E-state index contributed by atoms with van der Waals surface area (Å²) in [5.74, 6) is 6.79. The maximum Gasteiger partial charge on any atom is 0.193 e. The standard InChI is InChI=1S/C25H25N3O/c1-27-13-11-18(12-14-27)23-16-28(26)24-10-9-19(15-22(23)24)25(29)21-8-4-6-17-5-2-3-7-20(17)21/h2-10,15-16,18H,11-14,26H2,1H3. The molecule has 3 aromatic carbocycles. The Balaban J connectivity index is 1.59. The van der Waals surface area contributed by atoms with E-state index in [9.17, 15) is 4.79 Å². The molecular formula is C25H25N3O. The molecule has 0 aliphatic carbocycles. The molecule has 2 heterocycles. The van der Waals surface area contributed by atoms with E-state index in [-0.39, 0.29) is 5.78 Å². The van der Waals surface area contributed by atoms with Crippen LogP contribution in [0.3, 0.4) is 0 Å². The van der Waals surface area contributed by atoms with Crippen molar-refractivity contribution >= 4 is 27.5 Å². The number of nitrogens with zero attached hydrogens (tertiary/aromatic N) is 2. The van der Waals surface area contributed by atoms with Crippen LogP contribution in [0.1, 0.15) is 40.2 Å². The molecule has 1 fully saturated rings. The van der Waals surface area contributed by atoms with Gasteiger partial charge < -0.3 is 10.7 Å². The molecule has 146 valence electrons. The lowest BCUT2D eigenvalue weighted by Gasteiger charge is -2.28. The molecule has 4 aromatic rings. The number of likely N-dealkylation sites (tertiary alicyclic amines) is 1. The molecule has 1 aliphatic rings. The minimum atomic E-state index is 0.0581.